The minimum absolute atomic E-state index is 0.0352. The highest BCUT2D eigenvalue weighted by molar-refractivity contribution is 9.10. The van der Waals surface area contributed by atoms with Gasteiger partial charge in [0, 0.05) is 4.47 Å². The first-order chi connectivity index (χ1) is 6.77. The molecule has 5 heteroatoms. The van der Waals surface area contributed by atoms with Gasteiger partial charge in [0.2, 0.25) is 6.79 Å². The second-order valence-corrected chi connectivity index (χ2v) is 3.52. The summed E-state index contributed by atoms with van der Waals surface area (Å²) < 4.78 is 10.7. The van der Waals surface area contributed by atoms with E-state index < -0.39 is 0 Å². The summed E-state index contributed by atoms with van der Waals surface area (Å²) in [5.74, 6) is 0.668. The average molecular weight is 257 g/mol. The van der Waals surface area contributed by atoms with Gasteiger partial charge in [-0.25, -0.2) is 0 Å². The predicted molar refractivity (Wildman–Crippen MR) is 51.0 cm³/mol. The fourth-order valence-electron chi connectivity index (χ4n) is 1.28. The summed E-state index contributed by atoms with van der Waals surface area (Å²) in [5.41, 5.74) is 0.734. The standard InChI is InChI=1S/C9H5BrO4/c10-7-1-5(2-11)8-9(6(7)3-12)14-4-13-8/h1-3H,4H2. The van der Waals surface area contributed by atoms with Gasteiger partial charge in [-0.05, 0) is 22.0 Å². The van der Waals surface area contributed by atoms with Gasteiger partial charge in [0.05, 0.1) is 11.1 Å². The van der Waals surface area contributed by atoms with Crippen LogP contribution < -0.4 is 9.47 Å². The van der Waals surface area contributed by atoms with Crippen molar-refractivity contribution < 1.29 is 19.1 Å². The average Bonchev–Trinajstić information content (AvgIpc) is 2.65. The molecule has 14 heavy (non-hydrogen) atoms. The number of hydrogen-bond acceptors (Lipinski definition) is 4. The van der Waals surface area contributed by atoms with Crippen LogP contribution in [-0.2, 0) is 0 Å². The van der Waals surface area contributed by atoms with E-state index in [1.54, 1.807) is 0 Å². The smallest absolute Gasteiger partial charge is 0.231 e. The van der Waals surface area contributed by atoms with Crippen LogP contribution in [0.2, 0.25) is 0 Å². The Labute approximate surface area is 87.9 Å². The van der Waals surface area contributed by atoms with Crippen molar-refractivity contribution in [2.24, 2.45) is 0 Å². The molecule has 1 aromatic carbocycles. The lowest BCUT2D eigenvalue weighted by molar-refractivity contribution is 0.111. The van der Waals surface area contributed by atoms with Crippen molar-refractivity contribution >= 4 is 28.5 Å². The van der Waals surface area contributed by atoms with Gasteiger partial charge in [0.15, 0.2) is 24.1 Å². The first-order valence-electron chi connectivity index (χ1n) is 3.80. The van der Waals surface area contributed by atoms with Gasteiger partial charge in [-0.15, -0.1) is 0 Å². The van der Waals surface area contributed by atoms with E-state index in [-0.39, 0.29) is 6.79 Å². The molecule has 0 unspecified atom stereocenters. The first kappa shape index (κ1) is 9.21. The molecule has 0 aromatic heterocycles. The molecule has 1 heterocycles. The third-order valence-corrected chi connectivity index (χ3v) is 2.56. The van der Waals surface area contributed by atoms with Crippen molar-refractivity contribution in [3.05, 3.63) is 21.7 Å². The van der Waals surface area contributed by atoms with Gasteiger partial charge >= 0.3 is 0 Å². The van der Waals surface area contributed by atoms with Gasteiger partial charge in [0.1, 0.15) is 0 Å². The molecule has 0 amide bonds. The van der Waals surface area contributed by atoms with E-state index in [1.165, 1.54) is 6.07 Å². The lowest BCUT2D eigenvalue weighted by Crippen LogP contribution is -1.94. The minimum Gasteiger partial charge on any atom is -0.453 e. The summed E-state index contributed by atoms with van der Waals surface area (Å²) in [5, 5.41) is 0. The molecule has 72 valence electrons. The van der Waals surface area contributed by atoms with E-state index >= 15 is 0 Å². The molecule has 1 aliphatic rings. The summed E-state index contributed by atoms with van der Waals surface area (Å²) in [7, 11) is 0. The zero-order valence-corrected chi connectivity index (χ0v) is 8.54. The third kappa shape index (κ3) is 1.21. The van der Waals surface area contributed by atoms with Crippen LogP contribution in [0.5, 0.6) is 11.5 Å². The first-order valence-corrected chi connectivity index (χ1v) is 4.59. The molecule has 0 radical (unpaired) electrons. The Bertz CT molecular complexity index is 414. The number of benzene rings is 1. The van der Waals surface area contributed by atoms with Gasteiger partial charge < -0.3 is 9.47 Å². The van der Waals surface area contributed by atoms with Crippen LogP contribution in [0.3, 0.4) is 0 Å². The van der Waals surface area contributed by atoms with Crippen molar-refractivity contribution in [2.75, 3.05) is 6.79 Å². The topological polar surface area (TPSA) is 52.6 Å². The summed E-state index contributed by atoms with van der Waals surface area (Å²) in [6.07, 6.45) is 1.32. The number of carbonyl (C=O) groups is 2. The normalized spacial score (nSPS) is 12.6. The molecule has 0 spiro atoms. The molecule has 0 atom stereocenters. The summed E-state index contributed by atoms with van der Waals surface area (Å²) in [6, 6.07) is 1.53. The van der Waals surface area contributed by atoms with Crippen molar-refractivity contribution in [3.63, 3.8) is 0 Å². The molecule has 0 bridgehead atoms. The molecule has 1 aliphatic heterocycles. The number of ether oxygens (including phenoxy) is 2. The zero-order chi connectivity index (χ0) is 10.1. The molecule has 0 saturated carbocycles. The number of aldehydes is 2. The number of hydrogen-bond donors (Lipinski definition) is 0. The van der Waals surface area contributed by atoms with Gasteiger partial charge in [-0.2, -0.15) is 0 Å². The second-order valence-electron chi connectivity index (χ2n) is 2.66. The quantitative estimate of drug-likeness (QED) is 0.758. The Morgan fingerprint density at radius 3 is 2.57 bits per heavy atom. The second kappa shape index (κ2) is 3.42. The molecule has 0 fully saturated rings. The van der Waals surface area contributed by atoms with E-state index in [1.807, 2.05) is 0 Å². The fraction of sp³-hybridized carbons (Fsp3) is 0.111. The lowest BCUT2D eigenvalue weighted by Gasteiger charge is -2.03. The Kier molecular flexibility index (Phi) is 2.25. The molecule has 4 nitrogen and oxygen atoms in total. The van der Waals surface area contributed by atoms with E-state index in [2.05, 4.69) is 15.9 Å². The SMILES string of the molecule is O=Cc1cc(Br)c(C=O)c2c1OCO2. The van der Waals surface area contributed by atoms with Crippen molar-refractivity contribution in [1.29, 1.82) is 0 Å². The fourth-order valence-corrected chi connectivity index (χ4v) is 1.80. The Balaban J connectivity index is 2.73. The summed E-state index contributed by atoms with van der Waals surface area (Å²) in [4.78, 5) is 21.4. The van der Waals surface area contributed by atoms with Crippen molar-refractivity contribution in [3.8, 4) is 11.5 Å². The highest BCUT2D eigenvalue weighted by Crippen LogP contribution is 2.41. The Morgan fingerprint density at radius 1 is 1.21 bits per heavy atom. The van der Waals surface area contributed by atoms with Crippen LogP contribution >= 0.6 is 15.9 Å². The van der Waals surface area contributed by atoms with Crippen LogP contribution in [0.15, 0.2) is 10.5 Å². The lowest BCUT2D eigenvalue weighted by atomic mass is 10.1. The predicted octanol–water partition coefficient (Wildman–Crippen LogP) is 1.80. The minimum atomic E-state index is 0.0352. The number of fused-ring (bicyclic) bond motifs is 1. The largest absolute Gasteiger partial charge is 0.453 e. The van der Waals surface area contributed by atoms with Crippen molar-refractivity contribution in [2.45, 2.75) is 0 Å². The van der Waals surface area contributed by atoms with Gasteiger partial charge in [-0.3, -0.25) is 9.59 Å². The number of halogens is 1. The maximum Gasteiger partial charge on any atom is 0.231 e. The molecule has 0 N–H and O–H groups in total. The molecule has 0 aliphatic carbocycles. The van der Waals surface area contributed by atoms with Gasteiger partial charge in [0.25, 0.3) is 0 Å². The highest BCUT2D eigenvalue weighted by atomic mass is 79.9. The van der Waals surface area contributed by atoms with E-state index in [0.717, 1.165) is 0 Å². The molecule has 1 aromatic rings. The van der Waals surface area contributed by atoms with Crippen LogP contribution in [0.25, 0.3) is 0 Å². The Hall–Kier alpha value is -1.36. The highest BCUT2D eigenvalue weighted by Gasteiger charge is 2.23. The zero-order valence-electron chi connectivity index (χ0n) is 6.95. The number of carbonyl (C=O) groups excluding carboxylic acids is 2. The maximum absolute atomic E-state index is 10.7. The maximum atomic E-state index is 10.7. The van der Waals surface area contributed by atoms with E-state index in [9.17, 15) is 9.59 Å². The van der Waals surface area contributed by atoms with Crippen LogP contribution in [0.1, 0.15) is 20.7 Å². The molecule has 0 saturated heterocycles. The Morgan fingerprint density at radius 2 is 1.93 bits per heavy atom. The van der Waals surface area contributed by atoms with Crippen LogP contribution in [0.4, 0.5) is 0 Å². The molecule has 2 rings (SSSR count). The number of rotatable bonds is 2. The van der Waals surface area contributed by atoms with E-state index in [0.29, 0.717) is 39.7 Å². The van der Waals surface area contributed by atoms with Crippen LogP contribution in [-0.4, -0.2) is 19.4 Å². The molecular weight excluding hydrogens is 252 g/mol. The molecular formula is C9H5BrO4. The monoisotopic (exact) mass is 256 g/mol. The third-order valence-electron chi connectivity index (χ3n) is 1.90. The van der Waals surface area contributed by atoms with Gasteiger partial charge in [-0.1, -0.05) is 0 Å². The van der Waals surface area contributed by atoms with E-state index in [4.69, 9.17) is 9.47 Å². The van der Waals surface area contributed by atoms with Crippen LogP contribution in [0, 0.1) is 0 Å². The summed E-state index contributed by atoms with van der Waals surface area (Å²) in [6.45, 7) is 0.0352. The van der Waals surface area contributed by atoms with Crippen molar-refractivity contribution in [1.82, 2.24) is 0 Å². The summed E-state index contributed by atoms with van der Waals surface area (Å²) >= 11 is 3.18.